The Labute approximate surface area is 207 Å². The van der Waals surface area contributed by atoms with Crippen molar-refractivity contribution in [2.45, 2.75) is 58.0 Å². The van der Waals surface area contributed by atoms with E-state index in [2.05, 4.69) is 4.57 Å². The predicted molar refractivity (Wildman–Crippen MR) is 138 cm³/mol. The molecule has 0 saturated carbocycles. The molecule has 3 heterocycles. The number of benzene rings is 1. The molecule has 3 aromatic heterocycles. The summed E-state index contributed by atoms with van der Waals surface area (Å²) in [6.45, 7) is 6.66. The van der Waals surface area contributed by atoms with Crippen LogP contribution in [-0.4, -0.2) is 26.1 Å². The van der Waals surface area contributed by atoms with Crippen molar-refractivity contribution in [3.63, 3.8) is 0 Å². The van der Waals surface area contributed by atoms with Gasteiger partial charge in [-0.3, -0.25) is 4.79 Å². The summed E-state index contributed by atoms with van der Waals surface area (Å²) in [6, 6.07) is 9.86. The molecule has 4 aromatic rings. The van der Waals surface area contributed by atoms with E-state index in [1.165, 1.54) is 28.7 Å². The van der Waals surface area contributed by atoms with Gasteiger partial charge in [0.25, 0.3) is 0 Å². The first kappa shape index (κ1) is 22.6. The summed E-state index contributed by atoms with van der Waals surface area (Å²) in [5.41, 5.74) is 5.29. The van der Waals surface area contributed by atoms with Gasteiger partial charge in [-0.05, 0) is 69.7 Å². The zero-order valence-corrected chi connectivity index (χ0v) is 21.5. The second kappa shape index (κ2) is 9.24. The van der Waals surface area contributed by atoms with Crippen LogP contribution < -0.4 is 0 Å². The van der Waals surface area contributed by atoms with Crippen LogP contribution in [0, 0.1) is 20.8 Å². The summed E-state index contributed by atoms with van der Waals surface area (Å²) in [5, 5.41) is 2.88. The standard InChI is InChI=1S/C26H26ClN3OS2/c1-15-12-20(16(2)30(15)13-18-8-4-6-10-21(18)27)22(31)14-32-25-24-19-9-5-7-11-23(19)33-26(24)29-17(3)28-25/h4,6,8,10,12H,5,7,9,11,13-14H2,1-3H3. The number of aromatic nitrogens is 3. The van der Waals surface area contributed by atoms with Crippen molar-refractivity contribution in [1.82, 2.24) is 14.5 Å². The van der Waals surface area contributed by atoms with E-state index in [9.17, 15) is 4.79 Å². The van der Waals surface area contributed by atoms with Gasteiger partial charge in [0, 0.05) is 38.8 Å². The summed E-state index contributed by atoms with van der Waals surface area (Å²) in [5.74, 6) is 1.27. The van der Waals surface area contributed by atoms with E-state index >= 15 is 0 Å². The van der Waals surface area contributed by atoms with Crippen molar-refractivity contribution < 1.29 is 4.79 Å². The maximum absolute atomic E-state index is 13.3. The van der Waals surface area contributed by atoms with Crippen molar-refractivity contribution in [3.05, 3.63) is 74.1 Å². The zero-order valence-electron chi connectivity index (χ0n) is 19.1. The van der Waals surface area contributed by atoms with E-state index in [-0.39, 0.29) is 5.78 Å². The van der Waals surface area contributed by atoms with E-state index in [0.29, 0.717) is 12.3 Å². The highest BCUT2D eigenvalue weighted by Gasteiger charge is 2.22. The van der Waals surface area contributed by atoms with Crippen LogP contribution >= 0.6 is 34.7 Å². The fourth-order valence-corrected chi connectivity index (χ4v) is 7.22. The molecule has 1 aromatic carbocycles. The van der Waals surface area contributed by atoms with Gasteiger partial charge in [0.05, 0.1) is 5.75 Å². The van der Waals surface area contributed by atoms with E-state index < -0.39 is 0 Å². The van der Waals surface area contributed by atoms with Crippen LogP contribution in [0.25, 0.3) is 10.2 Å². The van der Waals surface area contributed by atoms with Crippen molar-refractivity contribution in [1.29, 1.82) is 0 Å². The second-order valence-corrected chi connectivity index (χ2v) is 11.1. The predicted octanol–water partition coefficient (Wildman–Crippen LogP) is 6.97. The van der Waals surface area contributed by atoms with Gasteiger partial charge in [-0.2, -0.15) is 0 Å². The van der Waals surface area contributed by atoms with Gasteiger partial charge in [-0.25, -0.2) is 9.97 Å². The number of carbonyl (C=O) groups excluding carboxylic acids is 1. The molecule has 5 rings (SSSR count). The molecule has 33 heavy (non-hydrogen) atoms. The Kier molecular flexibility index (Phi) is 6.34. The Hall–Kier alpha value is -2.15. The summed E-state index contributed by atoms with van der Waals surface area (Å²) in [6.07, 6.45) is 4.69. The molecule has 0 fully saturated rings. The van der Waals surface area contributed by atoms with Crippen LogP contribution in [0.3, 0.4) is 0 Å². The molecule has 0 atom stereocenters. The first-order chi connectivity index (χ1) is 15.9. The minimum absolute atomic E-state index is 0.132. The molecule has 0 radical (unpaired) electrons. The third-order valence-corrected chi connectivity index (χ3v) is 8.92. The van der Waals surface area contributed by atoms with E-state index in [4.69, 9.17) is 21.6 Å². The van der Waals surface area contributed by atoms with E-state index in [1.54, 1.807) is 23.1 Å². The van der Waals surface area contributed by atoms with Crippen molar-refractivity contribution >= 4 is 50.7 Å². The summed E-state index contributed by atoms with van der Waals surface area (Å²) in [7, 11) is 0. The average Bonchev–Trinajstić information content (AvgIpc) is 3.30. The number of aryl methyl sites for hydroxylation is 4. The second-order valence-electron chi connectivity index (χ2n) is 8.64. The highest BCUT2D eigenvalue weighted by Crippen LogP contribution is 2.39. The number of Topliss-reactive ketones (excluding diaryl/α,β-unsaturated/α-hetero) is 1. The maximum atomic E-state index is 13.3. The minimum Gasteiger partial charge on any atom is -0.344 e. The smallest absolute Gasteiger partial charge is 0.174 e. The number of hydrogen-bond donors (Lipinski definition) is 0. The maximum Gasteiger partial charge on any atom is 0.174 e. The van der Waals surface area contributed by atoms with Crippen LogP contribution in [0.4, 0.5) is 0 Å². The van der Waals surface area contributed by atoms with Crippen LogP contribution in [0.15, 0.2) is 35.4 Å². The molecule has 170 valence electrons. The fourth-order valence-electron chi connectivity index (χ4n) is 4.67. The number of ketones is 1. The van der Waals surface area contributed by atoms with Crippen molar-refractivity contribution in [3.8, 4) is 0 Å². The zero-order chi connectivity index (χ0) is 23.1. The van der Waals surface area contributed by atoms with Crippen LogP contribution in [0.1, 0.15) is 56.4 Å². The Morgan fingerprint density at radius 3 is 2.76 bits per heavy atom. The van der Waals surface area contributed by atoms with Gasteiger partial charge < -0.3 is 4.57 Å². The molecule has 1 aliphatic rings. The molecular formula is C26H26ClN3OS2. The lowest BCUT2D eigenvalue weighted by molar-refractivity contribution is 0.102. The first-order valence-corrected chi connectivity index (χ1v) is 13.5. The quantitative estimate of drug-likeness (QED) is 0.164. The fraction of sp³-hybridized carbons (Fsp3) is 0.346. The lowest BCUT2D eigenvalue weighted by Gasteiger charge is -2.12. The molecule has 0 aliphatic heterocycles. The number of thiophene rings is 1. The Morgan fingerprint density at radius 1 is 1.15 bits per heavy atom. The molecule has 7 heteroatoms. The van der Waals surface area contributed by atoms with Gasteiger partial charge in [0.1, 0.15) is 15.7 Å². The highest BCUT2D eigenvalue weighted by atomic mass is 35.5. The lowest BCUT2D eigenvalue weighted by atomic mass is 9.97. The van der Waals surface area contributed by atoms with Crippen molar-refractivity contribution in [2.75, 3.05) is 5.75 Å². The molecule has 0 bridgehead atoms. The Balaban J connectivity index is 1.40. The Morgan fingerprint density at radius 2 is 1.94 bits per heavy atom. The van der Waals surface area contributed by atoms with E-state index in [0.717, 1.165) is 56.1 Å². The molecule has 0 N–H and O–H groups in total. The number of halogens is 1. The summed E-state index contributed by atoms with van der Waals surface area (Å²) >= 11 is 9.73. The minimum atomic E-state index is 0.132. The molecular weight excluding hydrogens is 470 g/mol. The van der Waals surface area contributed by atoms with Crippen LogP contribution in [0.2, 0.25) is 5.02 Å². The van der Waals surface area contributed by atoms with Crippen LogP contribution in [0.5, 0.6) is 0 Å². The number of thioether (sulfide) groups is 1. The third-order valence-electron chi connectivity index (χ3n) is 6.39. The lowest BCUT2D eigenvalue weighted by Crippen LogP contribution is -2.08. The number of hydrogen-bond acceptors (Lipinski definition) is 5. The molecule has 1 aliphatic carbocycles. The largest absolute Gasteiger partial charge is 0.344 e. The number of fused-ring (bicyclic) bond motifs is 3. The number of rotatable bonds is 6. The van der Waals surface area contributed by atoms with Gasteiger partial charge in [-0.15, -0.1) is 11.3 Å². The molecule has 0 unspecified atom stereocenters. The third kappa shape index (κ3) is 4.36. The average molecular weight is 496 g/mol. The van der Waals surface area contributed by atoms with Crippen molar-refractivity contribution in [2.24, 2.45) is 0 Å². The summed E-state index contributed by atoms with van der Waals surface area (Å²) < 4.78 is 2.17. The van der Waals surface area contributed by atoms with Gasteiger partial charge in [0.15, 0.2) is 5.78 Å². The van der Waals surface area contributed by atoms with Gasteiger partial charge in [-0.1, -0.05) is 41.6 Å². The number of nitrogens with zero attached hydrogens (tertiary/aromatic N) is 3. The normalized spacial score (nSPS) is 13.5. The SMILES string of the molecule is Cc1nc(SCC(=O)c2cc(C)n(Cc3ccccc3Cl)c2C)c2c3c(sc2n1)CCCC3. The van der Waals surface area contributed by atoms with Crippen LogP contribution in [-0.2, 0) is 19.4 Å². The first-order valence-electron chi connectivity index (χ1n) is 11.3. The highest BCUT2D eigenvalue weighted by molar-refractivity contribution is 8.00. The molecule has 0 spiro atoms. The molecule has 0 saturated heterocycles. The topological polar surface area (TPSA) is 47.8 Å². The van der Waals surface area contributed by atoms with E-state index in [1.807, 2.05) is 51.1 Å². The van der Waals surface area contributed by atoms with Gasteiger partial charge in [0.2, 0.25) is 0 Å². The number of carbonyl (C=O) groups is 1. The summed E-state index contributed by atoms with van der Waals surface area (Å²) in [4.78, 5) is 25.2. The Bertz CT molecular complexity index is 1370. The molecule has 4 nitrogen and oxygen atoms in total. The monoisotopic (exact) mass is 495 g/mol. The molecule has 0 amide bonds. The van der Waals surface area contributed by atoms with Gasteiger partial charge >= 0.3 is 0 Å².